The Morgan fingerprint density at radius 3 is 1.92 bits per heavy atom. The number of para-hydroxylation sites is 3. The van der Waals surface area contributed by atoms with Crippen LogP contribution in [0.1, 0.15) is 90.8 Å². The van der Waals surface area contributed by atoms with Gasteiger partial charge in [-0.25, -0.2) is 0 Å². The van der Waals surface area contributed by atoms with E-state index in [0.717, 1.165) is 52.7 Å². The third-order valence-corrected chi connectivity index (χ3v) is 12.6. The second-order valence-corrected chi connectivity index (χ2v) is 18.0. The van der Waals surface area contributed by atoms with Crippen molar-refractivity contribution in [2.75, 3.05) is 9.80 Å². The Morgan fingerprint density at radius 2 is 1.25 bits per heavy atom. The van der Waals surface area contributed by atoms with Crippen molar-refractivity contribution in [3.63, 3.8) is 0 Å². The minimum Gasteiger partial charge on any atom is -0.458 e. The van der Waals surface area contributed by atoms with Gasteiger partial charge in [0.1, 0.15) is 23.0 Å². The first-order chi connectivity index (χ1) is 25.4. The van der Waals surface area contributed by atoms with Crippen LogP contribution in [0.2, 0.25) is 0 Å². The Balaban J connectivity index is 1.17. The average Bonchev–Trinajstić information content (AvgIpc) is 3.14. The highest BCUT2D eigenvalue weighted by molar-refractivity contribution is 6.98. The summed E-state index contributed by atoms with van der Waals surface area (Å²) in [5.74, 6) is 3.71. The van der Waals surface area contributed by atoms with E-state index in [2.05, 4.69) is 167 Å². The standard InChI is InChI=1S/C48H47BN2O2/c1-46(2,3)30-25-43-45-44(26-30)53-42-29-34-33(47(4,5)23-24-48(34,6)7)28-36(42)49(45)35-22-21-32(27-41(35)52-43)51-39-19-13-11-17-37(39)50(31-15-9-8-10-16-31)38-18-12-14-20-40(38)51/h8-11,13-17,19-22,25-29H,12,18,23-24H2,1-7H3. The number of ether oxygens (including phenoxy) is 2. The van der Waals surface area contributed by atoms with Crippen LogP contribution in [-0.2, 0) is 16.2 Å². The van der Waals surface area contributed by atoms with Gasteiger partial charge >= 0.3 is 0 Å². The Bertz CT molecular complexity index is 2410. The molecule has 0 atom stereocenters. The van der Waals surface area contributed by atoms with Gasteiger partial charge in [0.2, 0.25) is 0 Å². The van der Waals surface area contributed by atoms with Gasteiger partial charge in [-0.15, -0.1) is 0 Å². The molecule has 0 amide bonds. The minimum absolute atomic E-state index is 0.00766. The molecule has 0 saturated heterocycles. The largest absolute Gasteiger partial charge is 0.458 e. The van der Waals surface area contributed by atoms with Gasteiger partial charge in [-0.05, 0) is 124 Å². The first-order valence-electron chi connectivity index (χ1n) is 19.4. The van der Waals surface area contributed by atoms with Crippen molar-refractivity contribution in [3.05, 3.63) is 137 Å². The number of fused-ring (bicyclic) bond motifs is 6. The zero-order valence-corrected chi connectivity index (χ0v) is 32.0. The Hall–Kier alpha value is -5.16. The summed E-state index contributed by atoms with van der Waals surface area (Å²) in [6, 6.07) is 35.9. The van der Waals surface area contributed by atoms with Crippen molar-refractivity contribution in [3.8, 4) is 23.0 Å². The van der Waals surface area contributed by atoms with Crippen molar-refractivity contribution in [1.29, 1.82) is 0 Å². The molecular formula is C48H47BN2O2. The molecule has 5 aromatic rings. The van der Waals surface area contributed by atoms with Gasteiger partial charge in [-0.3, -0.25) is 0 Å². The first kappa shape index (κ1) is 32.5. The van der Waals surface area contributed by atoms with Crippen LogP contribution in [0, 0.1) is 0 Å². The number of anilines is 4. The highest BCUT2D eigenvalue weighted by Gasteiger charge is 2.45. The monoisotopic (exact) mass is 694 g/mol. The number of hydrogen-bond donors (Lipinski definition) is 0. The van der Waals surface area contributed by atoms with Gasteiger partial charge in [0.25, 0.3) is 6.71 Å². The summed E-state index contributed by atoms with van der Waals surface area (Å²) in [5, 5.41) is 0. The predicted molar refractivity (Wildman–Crippen MR) is 221 cm³/mol. The maximum atomic E-state index is 7.06. The summed E-state index contributed by atoms with van der Waals surface area (Å²) in [4.78, 5) is 4.89. The van der Waals surface area contributed by atoms with E-state index in [4.69, 9.17) is 9.47 Å². The third-order valence-electron chi connectivity index (χ3n) is 12.6. The van der Waals surface area contributed by atoms with Gasteiger partial charge in [-0.1, -0.05) is 97.0 Å². The summed E-state index contributed by atoms with van der Waals surface area (Å²) < 4.78 is 14.0. The van der Waals surface area contributed by atoms with E-state index in [9.17, 15) is 0 Å². The third kappa shape index (κ3) is 4.89. The van der Waals surface area contributed by atoms with Crippen LogP contribution in [0.3, 0.4) is 0 Å². The van der Waals surface area contributed by atoms with E-state index in [-0.39, 0.29) is 23.0 Å². The highest BCUT2D eigenvalue weighted by Crippen LogP contribution is 2.51. The maximum Gasteiger partial charge on any atom is 0.260 e. The smallest absolute Gasteiger partial charge is 0.260 e. The summed E-state index contributed by atoms with van der Waals surface area (Å²) in [6.07, 6.45) is 8.94. The van der Waals surface area contributed by atoms with Crippen LogP contribution in [0.4, 0.5) is 22.7 Å². The number of benzene rings is 5. The van der Waals surface area contributed by atoms with Crippen LogP contribution in [-0.4, -0.2) is 6.71 Å². The summed E-state index contributed by atoms with van der Waals surface area (Å²) in [6.45, 7) is 16.4. The molecule has 0 saturated carbocycles. The van der Waals surface area contributed by atoms with Crippen molar-refractivity contribution < 1.29 is 9.47 Å². The number of nitrogens with zero attached hydrogens (tertiary/aromatic N) is 2. The lowest BCUT2D eigenvalue weighted by molar-refractivity contribution is 0.330. The molecule has 3 heterocycles. The molecule has 10 rings (SSSR count). The maximum absolute atomic E-state index is 7.06. The summed E-state index contributed by atoms with van der Waals surface area (Å²) in [5.41, 5.74) is 14.9. The van der Waals surface area contributed by atoms with Gasteiger partial charge in [0.05, 0.1) is 17.1 Å². The van der Waals surface area contributed by atoms with Gasteiger partial charge in [0, 0.05) is 28.6 Å². The van der Waals surface area contributed by atoms with Crippen LogP contribution < -0.4 is 35.7 Å². The van der Waals surface area contributed by atoms with Crippen molar-refractivity contribution in [1.82, 2.24) is 0 Å². The molecule has 0 bridgehead atoms. The minimum atomic E-state index is -0.0731. The molecule has 264 valence electrons. The number of rotatable bonds is 2. The number of hydrogen-bond acceptors (Lipinski definition) is 4. The Labute approximate surface area is 314 Å². The number of allylic oxidation sites excluding steroid dienone is 3. The van der Waals surface area contributed by atoms with E-state index in [1.807, 2.05) is 0 Å². The Kier molecular flexibility index (Phi) is 6.85. The molecule has 0 unspecified atom stereocenters. The van der Waals surface area contributed by atoms with Crippen LogP contribution >= 0.6 is 0 Å². The topological polar surface area (TPSA) is 24.9 Å². The lowest BCUT2D eigenvalue weighted by Crippen LogP contribution is -2.58. The molecule has 0 spiro atoms. The van der Waals surface area contributed by atoms with Gasteiger partial charge in [0.15, 0.2) is 0 Å². The lowest BCUT2D eigenvalue weighted by Gasteiger charge is -2.44. The van der Waals surface area contributed by atoms with Gasteiger partial charge < -0.3 is 19.3 Å². The van der Waals surface area contributed by atoms with Crippen LogP contribution in [0.25, 0.3) is 0 Å². The van der Waals surface area contributed by atoms with Crippen molar-refractivity contribution >= 4 is 45.9 Å². The fourth-order valence-corrected chi connectivity index (χ4v) is 9.45. The van der Waals surface area contributed by atoms with Crippen molar-refractivity contribution in [2.24, 2.45) is 0 Å². The van der Waals surface area contributed by atoms with E-state index in [0.29, 0.717) is 0 Å². The molecule has 5 heteroatoms. The van der Waals surface area contributed by atoms with E-state index < -0.39 is 0 Å². The fourth-order valence-electron chi connectivity index (χ4n) is 9.45. The summed E-state index contributed by atoms with van der Waals surface area (Å²) in [7, 11) is 0. The SMILES string of the molecule is CC(C)(C)c1cc2c3c(c1)Oc1cc4c(cc1B3c1ccc(N3C5=C(CCC=C5)N(c5ccccc5)c5ccccc53)cc1O2)C(C)(C)CCC4(C)C. The second kappa shape index (κ2) is 11.2. The molecule has 0 N–H and O–H groups in total. The fraction of sp³-hybridized carbons (Fsp3) is 0.292. The molecular weight excluding hydrogens is 647 g/mol. The molecule has 0 fully saturated rings. The molecule has 4 nitrogen and oxygen atoms in total. The molecule has 5 aliphatic rings. The van der Waals surface area contributed by atoms with E-state index in [1.165, 1.54) is 63.2 Å². The zero-order chi connectivity index (χ0) is 36.4. The quantitative estimate of drug-likeness (QED) is 0.168. The van der Waals surface area contributed by atoms with Crippen LogP contribution in [0.15, 0.2) is 121 Å². The molecule has 2 aliphatic carbocycles. The Morgan fingerprint density at radius 1 is 0.623 bits per heavy atom. The molecule has 0 radical (unpaired) electrons. The van der Waals surface area contributed by atoms with Crippen molar-refractivity contribution in [2.45, 2.75) is 90.4 Å². The highest BCUT2D eigenvalue weighted by atomic mass is 16.5. The molecule has 3 aliphatic heterocycles. The lowest BCUT2D eigenvalue weighted by atomic mass is 9.34. The normalized spacial score (nSPS) is 18.5. The predicted octanol–water partition coefficient (Wildman–Crippen LogP) is 10.9. The average molecular weight is 695 g/mol. The molecule has 53 heavy (non-hydrogen) atoms. The molecule has 0 aromatic heterocycles. The zero-order valence-electron chi connectivity index (χ0n) is 32.0. The molecule has 5 aromatic carbocycles. The summed E-state index contributed by atoms with van der Waals surface area (Å²) >= 11 is 0. The van der Waals surface area contributed by atoms with Crippen LogP contribution in [0.5, 0.6) is 23.0 Å². The van der Waals surface area contributed by atoms with E-state index in [1.54, 1.807) is 0 Å². The van der Waals surface area contributed by atoms with E-state index >= 15 is 0 Å². The second-order valence-electron chi connectivity index (χ2n) is 18.0. The van der Waals surface area contributed by atoms with Gasteiger partial charge in [-0.2, -0.15) is 0 Å². The first-order valence-corrected chi connectivity index (χ1v) is 19.4.